The molecule has 3 rings (SSSR count). The monoisotopic (exact) mass is 274 g/mol. The molecule has 3 N–H and O–H groups in total. The van der Waals surface area contributed by atoms with Gasteiger partial charge in [-0.1, -0.05) is 6.07 Å². The van der Waals surface area contributed by atoms with Gasteiger partial charge >= 0.3 is 5.97 Å². The number of pyridine rings is 1. The highest BCUT2D eigenvalue weighted by atomic mass is 16.5. The van der Waals surface area contributed by atoms with Crippen molar-refractivity contribution < 1.29 is 19.7 Å². The molecule has 2 aromatic rings. The molecule has 20 heavy (non-hydrogen) atoms. The summed E-state index contributed by atoms with van der Waals surface area (Å²) in [5.74, 6) is -0.779. The predicted octanol–water partition coefficient (Wildman–Crippen LogP) is 1.45. The lowest BCUT2D eigenvalue weighted by Crippen LogP contribution is -2.33. The summed E-state index contributed by atoms with van der Waals surface area (Å²) in [6, 6.07) is 6.51. The Hall–Kier alpha value is -2.34. The topological polar surface area (TPSA) is 91.7 Å². The van der Waals surface area contributed by atoms with Crippen molar-refractivity contribution in [2.24, 2.45) is 5.92 Å². The number of aromatic nitrogens is 1. The molecule has 0 radical (unpaired) electrons. The minimum atomic E-state index is -0.886. The first-order valence-corrected chi connectivity index (χ1v) is 6.30. The van der Waals surface area contributed by atoms with Crippen LogP contribution in [0.1, 0.15) is 0 Å². The van der Waals surface area contributed by atoms with Gasteiger partial charge in [-0.15, -0.1) is 0 Å². The fourth-order valence-corrected chi connectivity index (χ4v) is 2.39. The molecule has 2 atom stereocenters. The molecule has 1 aromatic heterocycles. The molecule has 104 valence electrons. The Morgan fingerprint density at radius 3 is 3.00 bits per heavy atom. The quantitative estimate of drug-likeness (QED) is 0.784. The van der Waals surface area contributed by atoms with Gasteiger partial charge in [0.1, 0.15) is 17.5 Å². The Bertz CT molecular complexity index is 659. The van der Waals surface area contributed by atoms with E-state index in [9.17, 15) is 9.90 Å². The maximum absolute atomic E-state index is 11.1. The van der Waals surface area contributed by atoms with E-state index in [1.165, 1.54) is 0 Å². The minimum absolute atomic E-state index is 0.144. The van der Waals surface area contributed by atoms with Gasteiger partial charge in [-0.3, -0.25) is 4.79 Å². The van der Waals surface area contributed by atoms with Gasteiger partial charge in [-0.05, 0) is 23.6 Å². The molecule has 0 aliphatic carbocycles. The van der Waals surface area contributed by atoms with E-state index in [0.29, 0.717) is 12.4 Å². The van der Waals surface area contributed by atoms with Crippen LogP contribution >= 0.6 is 0 Å². The molecule has 1 saturated heterocycles. The van der Waals surface area contributed by atoms with Gasteiger partial charge in [0.15, 0.2) is 0 Å². The third-order valence-electron chi connectivity index (χ3n) is 3.47. The number of anilines is 1. The highest BCUT2D eigenvalue weighted by molar-refractivity contribution is 5.93. The molecule has 2 heterocycles. The molecule has 1 aliphatic heterocycles. The Morgan fingerprint density at radius 2 is 2.20 bits per heavy atom. The van der Waals surface area contributed by atoms with E-state index in [1.807, 2.05) is 6.07 Å². The number of carboxylic acid groups (broad SMARTS) is 1. The van der Waals surface area contributed by atoms with Gasteiger partial charge in [0.05, 0.1) is 19.3 Å². The third-order valence-corrected chi connectivity index (χ3v) is 3.47. The molecule has 1 fully saturated rings. The van der Waals surface area contributed by atoms with Crippen LogP contribution in [0, 0.1) is 5.92 Å². The number of nitrogens with one attached hydrogen (secondary N) is 1. The summed E-state index contributed by atoms with van der Waals surface area (Å²) in [6.45, 7) is 0.525. The van der Waals surface area contributed by atoms with Gasteiger partial charge in [0.25, 0.3) is 0 Å². The Kier molecular flexibility index (Phi) is 3.15. The van der Waals surface area contributed by atoms with Crippen molar-refractivity contribution in [3.8, 4) is 5.75 Å². The fourth-order valence-electron chi connectivity index (χ4n) is 2.39. The predicted molar refractivity (Wildman–Crippen MR) is 72.8 cm³/mol. The number of hydrogen-bond acceptors (Lipinski definition) is 5. The van der Waals surface area contributed by atoms with Crippen molar-refractivity contribution in [3.05, 3.63) is 30.5 Å². The Morgan fingerprint density at radius 1 is 1.35 bits per heavy atom. The highest BCUT2D eigenvalue weighted by Crippen LogP contribution is 2.27. The Balaban J connectivity index is 1.94. The number of aliphatic carboxylic acids is 1. The summed E-state index contributed by atoms with van der Waals surface area (Å²) in [7, 11) is 0. The summed E-state index contributed by atoms with van der Waals surface area (Å²) in [5, 5.41) is 23.5. The first-order chi connectivity index (χ1) is 9.65. The SMILES string of the molecule is O=C(O)C1COCC1Nc1nccc2ccc(O)cc12. The number of carbonyl (C=O) groups is 1. The number of benzene rings is 1. The lowest BCUT2D eigenvalue weighted by atomic mass is 10.0. The van der Waals surface area contributed by atoms with Crippen molar-refractivity contribution in [2.75, 3.05) is 18.5 Å². The summed E-state index contributed by atoms with van der Waals surface area (Å²) in [4.78, 5) is 15.4. The van der Waals surface area contributed by atoms with E-state index < -0.39 is 11.9 Å². The minimum Gasteiger partial charge on any atom is -0.508 e. The maximum atomic E-state index is 11.1. The van der Waals surface area contributed by atoms with Crippen molar-refractivity contribution >= 4 is 22.6 Å². The number of phenolic OH excluding ortho intramolecular Hbond substituents is 1. The van der Waals surface area contributed by atoms with Crippen molar-refractivity contribution in [1.82, 2.24) is 4.98 Å². The Labute approximate surface area is 115 Å². The lowest BCUT2D eigenvalue weighted by Gasteiger charge is -2.17. The van der Waals surface area contributed by atoms with E-state index in [4.69, 9.17) is 9.84 Å². The molecule has 1 aromatic carbocycles. The van der Waals surface area contributed by atoms with Crippen LogP contribution in [0.15, 0.2) is 30.5 Å². The van der Waals surface area contributed by atoms with Crippen LogP contribution < -0.4 is 5.32 Å². The van der Waals surface area contributed by atoms with E-state index in [1.54, 1.807) is 24.4 Å². The zero-order valence-corrected chi connectivity index (χ0v) is 10.6. The lowest BCUT2D eigenvalue weighted by molar-refractivity contribution is -0.141. The van der Waals surface area contributed by atoms with Crippen molar-refractivity contribution in [1.29, 1.82) is 0 Å². The smallest absolute Gasteiger partial charge is 0.311 e. The molecular weight excluding hydrogens is 260 g/mol. The van der Waals surface area contributed by atoms with Crippen LogP contribution in [0.2, 0.25) is 0 Å². The van der Waals surface area contributed by atoms with Crippen LogP contribution in [0.4, 0.5) is 5.82 Å². The number of rotatable bonds is 3. The fraction of sp³-hybridized carbons (Fsp3) is 0.286. The highest BCUT2D eigenvalue weighted by Gasteiger charge is 2.34. The molecule has 0 saturated carbocycles. The second-order valence-corrected chi connectivity index (χ2v) is 4.80. The second-order valence-electron chi connectivity index (χ2n) is 4.80. The molecule has 0 spiro atoms. The molecule has 6 heteroatoms. The van der Waals surface area contributed by atoms with Crippen molar-refractivity contribution in [3.63, 3.8) is 0 Å². The third kappa shape index (κ3) is 2.25. The molecule has 1 aliphatic rings. The van der Waals surface area contributed by atoms with Gasteiger partial charge in [-0.2, -0.15) is 0 Å². The summed E-state index contributed by atoms with van der Waals surface area (Å²) in [6.07, 6.45) is 1.65. The number of ether oxygens (including phenoxy) is 1. The largest absolute Gasteiger partial charge is 0.508 e. The molecule has 0 bridgehead atoms. The van der Waals surface area contributed by atoms with Crippen LogP contribution in [0.3, 0.4) is 0 Å². The number of carboxylic acids is 1. The average Bonchev–Trinajstić information content (AvgIpc) is 2.88. The van der Waals surface area contributed by atoms with Gasteiger partial charge in [0.2, 0.25) is 0 Å². The van der Waals surface area contributed by atoms with Crippen molar-refractivity contribution in [2.45, 2.75) is 6.04 Å². The standard InChI is InChI=1S/C14H14N2O4/c17-9-2-1-8-3-4-15-13(10(8)5-9)16-12-7-20-6-11(12)14(18)19/h1-5,11-12,17H,6-7H2,(H,15,16)(H,18,19). The average molecular weight is 274 g/mol. The van der Waals surface area contributed by atoms with Gasteiger partial charge in [0, 0.05) is 11.6 Å². The summed E-state index contributed by atoms with van der Waals surface area (Å²) in [5.41, 5.74) is 0. The molecule has 2 unspecified atom stereocenters. The molecule has 6 nitrogen and oxygen atoms in total. The molecule has 0 amide bonds. The van der Waals surface area contributed by atoms with Crippen LogP contribution in [0.5, 0.6) is 5.75 Å². The number of fused-ring (bicyclic) bond motifs is 1. The van der Waals surface area contributed by atoms with E-state index in [2.05, 4.69) is 10.3 Å². The van der Waals surface area contributed by atoms with E-state index in [-0.39, 0.29) is 18.4 Å². The number of nitrogens with zero attached hydrogens (tertiary/aromatic N) is 1. The zero-order chi connectivity index (χ0) is 14.1. The summed E-state index contributed by atoms with van der Waals surface area (Å²) < 4.78 is 5.22. The molecular formula is C14H14N2O4. The normalized spacial score (nSPS) is 22.0. The summed E-state index contributed by atoms with van der Waals surface area (Å²) >= 11 is 0. The van der Waals surface area contributed by atoms with E-state index >= 15 is 0 Å². The van der Waals surface area contributed by atoms with Crippen LogP contribution in [-0.4, -0.2) is 40.4 Å². The second kappa shape index (κ2) is 4.97. The number of phenols is 1. The van der Waals surface area contributed by atoms with Crippen LogP contribution in [0.25, 0.3) is 10.8 Å². The number of aromatic hydroxyl groups is 1. The maximum Gasteiger partial charge on any atom is 0.311 e. The van der Waals surface area contributed by atoms with Gasteiger partial charge in [-0.25, -0.2) is 4.98 Å². The number of hydrogen-bond donors (Lipinski definition) is 3. The van der Waals surface area contributed by atoms with E-state index in [0.717, 1.165) is 10.8 Å². The first-order valence-electron chi connectivity index (χ1n) is 6.30. The zero-order valence-electron chi connectivity index (χ0n) is 10.6. The van der Waals surface area contributed by atoms with Crippen LogP contribution in [-0.2, 0) is 9.53 Å². The first kappa shape index (κ1) is 12.7. The van der Waals surface area contributed by atoms with Gasteiger partial charge < -0.3 is 20.3 Å².